The minimum atomic E-state index is 0.254. The molecule has 1 aromatic carbocycles. The fraction of sp³-hybridized carbons (Fsp3) is 0.167. The lowest BCUT2D eigenvalue weighted by Gasteiger charge is -2.09. The molecule has 2 aromatic rings. The number of rotatable bonds is 3. The molecule has 0 atom stereocenters. The van der Waals surface area contributed by atoms with Gasteiger partial charge in [-0.25, -0.2) is 9.97 Å². The average molecular weight is 364 g/mol. The molecule has 19 heavy (non-hydrogen) atoms. The molecule has 0 fully saturated rings. The van der Waals surface area contributed by atoms with Crippen molar-refractivity contribution < 1.29 is 9.47 Å². The van der Waals surface area contributed by atoms with Crippen molar-refractivity contribution in [3.8, 4) is 22.9 Å². The first-order valence-electron chi connectivity index (χ1n) is 5.17. The zero-order chi connectivity index (χ0) is 14.0. The molecule has 1 aromatic heterocycles. The van der Waals surface area contributed by atoms with E-state index in [1.54, 1.807) is 32.4 Å². The van der Waals surface area contributed by atoms with Crippen molar-refractivity contribution >= 4 is 39.1 Å². The van der Waals surface area contributed by atoms with Crippen LogP contribution < -0.4 is 9.47 Å². The lowest BCUT2D eigenvalue weighted by molar-refractivity contribution is 0.355. The molecule has 0 radical (unpaired) electrons. The molecule has 0 spiro atoms. The van der Waals surface area contributed by atoms with E-state index in [4.69, 9.17) is 32.7 Å². The number of benzene rings is 1. The average Bonchev–Trinajstić information content (AvgIpc) is 2.43. The van der Waals surface area contributed by atoms with Gasteiger partial charge in [-0.05, 0) is 34.1 Å². The molecule has 1 heterocycles. The molecule has 0 aliphatic rings. The second-order valence-electron chi connectivity index (χ2n) is 3.51. The van der Waals surface area contributed by atoms with E-state index in [-0.39, 0.29) is 10.3 Å². The summed E-state index contributed by atoms with van der Waals surface area (Å²) >= 11 is 15.1. The Bertz CT molecular complexity index is 600. The van der Waals surface area contributed by atoms with Gasteiger partial charge in [0.25, 0.3) is 0 Å². The number of ether oxygens (including phenoxy) is 2. The van der Waals surface area contributed by atoms with Gasteiger partial charge in [-0.15, -0.1) is 0 Å². The second-order valence-corrected chi connectivity index (χ2v) is 5.02. The first kappa shape index (κ1) is 14.4. The molecule has 2 rings (SSSR count). The summed E-state index contributed by atoms with van der Waals surface area (Å²) in [6, 6.07) is 5.33. The van der Waals surface area contributed by atoms with E-state index in [0.29, 0.717) is 21.8 Å². The molecule has 0 N–H and O–H groups in total. The number of hydrogen-bond acceptors (Lipinski definition) is 4. The summed E-state index contributed by atoms with van der Waals surface area (Å²) in [5.41, 5.74) is 0.731. The standard InChI is InChI=1S/C12H9BrCl2N2O2/c1-18-7-4-3-6(5-8(7)19-2)12-16-10(14)9(13)11(15)17-12/h3-5H,1-2H3. The van der Waals surface area contributed by atoms with Crippen LogP contribution in [-0.2, 0) is 0 Å². The van der Waals surface area contributed by atoms with Crippen LogP contribution in [0.1, 0.15) is 0 Å². The molecular weight excluding hydrogens is 355 g/mol. The molecule has 0 saturated heterocycles. The maximum absolute atomic E-state index is 5.96. The molecule has 0 saturated carbocycles. The monoisotopic (exact) mass is 362 g/mol. The van der Waals surface area contributed by atoms with Crippen molar-refractivity contribution in [3.05, 3.63) is 33.0 Å². The summed E-state index contributed by atoms with van der Waals surface area (Å²) in [4.78, 5) is 8.32. The van der Waals surface area contributed by atoms with E-state index in [1.807, 2.05) is 0 Å². The Balaban J connectivity index is 2.53. The molecule has 0 aliphatic heterocycles. The van der Waals surface area contributed by atoms with Crippen molar-refractivity contribution in [1.82, 2.24) is 9.97 Å². The lowest BCUT2D eigenvalue weighted by Crippen LogP contribution is -1.94. The molecule has 100 valence electrons. The van der Waals surface area contributed by atoms with Gasteiger partial charge < -0.3 is 9.47 Å². The van der Waals surface area contributed by atoms with E-state index in [2.05, 4.69) is 25.9 Å². The number of methoxy groups -OCH3 is 2. The minimum absolute atomic E-state index is 0.254. The van der Waals surface area contributed by atoms with Crippen LogP contribution in [0.2, 0.25) is 10.3 Å². The Morgan fingerprint density at radius 2 is 1.58 bits per heavy atom. The Kier molecular flexibility index (Phi) is 4.50. The topological polar surface area (TPSA) is 44.2 Å². The lowest BCUT2D eigenvalue weighted by atomic mass is 10.2. The molecular formula is C12H9BrCl2N2O2. The highest BCUT2D eigenvalue weighted by Crippen LogP contribution is 2.34. The van der Waals surface area contributed by atoms with Crippen LogP contribution in [0.15, 0.2) is 22.7 Å². The van der Waals surface area contributed by atoms with Crippen LogP contribution in [0.5, 0.6) is 11.5 Å². The van der Waals surface area contributed by atoms with Crippen LogP contribution in [0.3, 0.4) is 0 Å². The largest absolute Gasteiger partial charge is 0.493 e. The van der Waals surface area contributed by atoms with E-state index in [9.17, 15) is 0 Å². The van der Waals surface area contributed by atoms with Gasteiger partial charge in [0.15, 0.2) is 17.3 Å². The quantitative estimate of drug-likeness (QED) is 0.765. The fourth-order valence-electron chi connectivity index (χ4n) is 1.50. The summed E-state index contributed by atoms with van der Waals surface area (Å²) in [7, 11) is 3.13. The number of nitrogens with zero attached hydrogens (tertiary/aromatic N) is 2. The zero-order valence-corrected chi connectivity index (χ0v) is 13.2. The summed E-state index contributed by atoms with van der Waals surface area (Å²) in [6.45, 7) is 0. The van der Waals surface area contributed by atoms with Gasteiger partial charge in [-0.3, -0.25) is 0 Å². The molecule has 0 aliphatic carbocycles. The first-order chi connectivity index (χ1) is 9.06. The van der Waals surface area contributed by atoms with Crippen molar-refractivity contribution in [1.29, 1.82) is 0 Å². The highest BCUT2D eigenvalue weighted by Gasteiger charge is 2.12. The molecule has 0 amide bonds. The number of halogens is 3. The summed E-state index contributed by atoms with van der Waals surface area (Å²) in [6.07, 6.45) is 0. The van der Waals surface area contributed by atoms with Crippen molar-refractivity contribution in [2.24, 2.45) is 0 Å². The van der Waals surface area contributed by atoms with Crippen molar-refractivity contribution in [2.75, 3.05) is 14.2 Å². The highest BCUT2D eigenvalue weighted by atomic mass is 79.9. The van der Waals surface area contributed by atoms with E-state index >= 15 is 0 Å². The molecule has 0 unspecified atom stereocenters. The van der Waals surface area contributed by atoms with E-state index in [0.717, 1.165) is 5.56 Å². The minimum Gasteiger partial charge on any atom is -0.493 e. The molecule has 7 heteroatoms. The Labute approximate surface area is 128 Å². The van der Waals surface area contributed by atoms with Crippen LogP contribution in [-0.4, -0.2) is 24.2 Å². The predicted octanol–water partition coefficient (Wildman–Crippen LogP) is 4.23. The van der Waals surface area contributed by atoms with Crippen molar-refractivity contribution in [2.45, 2.75) is 0 Å². The van der Waals surface area contributed by atoms with Gasteiger partial charge in [-0.2, -0.15) is 0 Å². The maximum atomic E-state index is 5.96. The van der Waals surface area contributed by atoms with Crippen LogP contribution in [0, 0.1) is 0 Å². The van der Waals surface area contributed by atoms with Gasteiger partial charge in [0.2, 0.25) is 0 Å². The predicted molar refractivity (Wildman–Crippen MR) is 78.3 cm³/mol. The SMILES string of the molecule is COc1ccc(-c2nc(Cl)c(Br)c(Cl)n2)cc1OC. The third kappa shape index (κ3) is 2.94. The van der Waals surface area contributed by atoms with Gasteiger partial charge in [0.1, 0.15) is 10.3 Å². The van der Waals surface area contributed by atoms with Crippen molar-refractivity contribution in [3.63, 3.8) is 0 Å². The third-order valence-electron chi connectivity index (χ3n) is 2.41. The Morgan fingerprint density at radius 3 is 2.11 bits per heavy atom. The van der Waals surface area contributed by atoms with Gasteiger partial charge >= 0.3 is 0 Å². The number of aromatic nitrogens is 2. The second kappa shape index (κ2) is 5.94. The fourth-order valence-corrected chi connectivity index (χ4v) is 2.06. The highest BCUT2D eigenvalue weighted by molar-refractivity contribution is 9.10. The smallest absolute Gasteiger partial charge is 0.162 e. The van der Waals surface area contributed by atoms with E-state index < -0.39 is 0 Å². The molecule has 0 bridgehead atoms. The summed E-state index contributed by atoms with van der Waals surface area (Å²) in [5, 5.41) is 0.509. The Morgan fingerprint density at radius 1 is 1.00 bits per heavy atom. The zero-order valence-electron chi connectivity index (χ0n) is 10.1. The summed E-state index contributed by atoms with van der Waals surface area (Å²) in [5.74, 6) is 1.62. The van der Waals surface area contributed by atoms with Crippen LogP contribution in [0.25, 0.3) is 11.4 Å². The van der Waals surface area contributed by atoms with Gasteiger partial charge in [0, 0.05) is 5.56 Å². The first-order valence-corrected chi connectivity index (χ1v) is 6.72. The maximum Gasteiger partial charge on any atom is 0.162 e. The normalized spacial score (nSPS) is 10.4. The molecule has 4 nitrogen and oxygen atoms in total. The third-order valence-corrected chi connectivity index (χ3v) is 4.17. The van der Waals surface area contributed by atoms with Gasteiger partial charge in [0.05, 0.1) is 18.7 Å². The number of hydrogen-bond donors (Lipinski definition) is 0. The Hall–Kier alpha value is -1.04. The van der Waals surface area contributed by atoms with E-state index in [1.165, 1.54) is 0 Å². The van der Waals surface area contributed by atoms with Crippen LogP contribution in [0.4, 0.5) is 0 Å². The summed E-state index contributed by atoms with van der Waals surface area (Å²) < 4.78 is 10.9. The van der Waals surface area contributed by atoms with Gasteiger partial charge in [-0.1, -0.05) is 23.2 Å². The van der Waals surface area contributed by atoms with Crippen LogP contribution >= 0.6 is 39.1 Å².